The van der Waals surface area contributed by atoms with Gasteiger partial charge in [0.1, 0.15) is 33.6 Å². The van der Waals surface area contributed by atoms with E-state index in [2.05, 4.69) is 155 Å². The van der Waals surface area contributed by atoms with Crippen molar-refractivity contribution in [2.24, 2.45) is 35.5 Å². The fourth-order valence-electron chi connectivity index (χ4n) is 17.9. The monoisotopic (exact) mass is 1510 g/mol. The molecule has 6 nitrogen and oxygen atoms in total. The molecule has 6 atom stereocenters. The van der Waals surface area contributed by atoms with Crippen LogP contribution in [0.25, 0.3) is 104 Å². The molecule has 8 aromatic heterocycles. The van der Waals surface area contributed by atoms with Crippen molar-refractivity contribution in [2.75, 3.05) is 13.2 Å². The molecule has 2 aliphatic rings. The summed E-state index contributed by atoms with van der Waals surface area (Å²) >= 11 is 14.4. The normalized spacial score (nSPS) is 17.5. The summed E-state index contributed by atoms with van der Waals surface area (Å²) in [7, 11) is 0. The average Bonchev–Trinajstić information content (AvgIpc) is 1.55. The van der Waals surface area contributed by atoms with Crippen molar-refractivity contribution in [2.45, 2.75) is 274 Å². The van der Waals surface area contributed by atoms with E-state index >= 15 is 0 Å². The van der Waals surface area contributed by atoms with E-state index in [-0.39, 0.29) is 10.8 Å². The highest BCUT2D eigenvalue weighted by Gasteiger charge is 2.49. The van der Waals surface area contributed by atoms with Crippen LogP contribution in [-0.2, 0) is 10.8 Å². The van der Waals surface area contributed by atoms with Gasteiger partial charge in [-0.15, -0.1) is 68.0 Å². The maximum Gasteiger partial charge on any atom is 0.146 e. The Labute approximate surface area is 644 Å². The highest BCUT2D eigenvalue weighted by atomic mass is 32.1. The first-order chi connectivity index (χ1) is 50.0. The van der Waals surface area contributed by atoms with Gasteiger partial charge < -0.3 is 9.47 Å². The Morgan fingerprint density at radius 3 is 0.922 bits per heavy atom. The van der Waals surface area contributed by atoms with Crippen molar-refractivity contribution < 1.29 is 9.47 Å². The Hall–Kier alpha value is -4.38. The molecule has 0 saturated heterocycles. The Morgan fingerprint density at radius 2 is 0.627 bits per heavy atom. The molecule has 0 spiro atoms. The van der Waals surface area contributed by atoms with Crippen LogP contribution in [-0.4, -0.2) is 30.7 Å². The van der Waals surface area contributed by atoms with E-state index in [1.165, 1.54) is 228 Å². The van der Waals surface area contributed by atoms with E-state index in [0.29, 0.717) is 48.7 Å². The van der Waals surface area contributed by atoms with Crippen LogP contribution in [0.5, 0.6) is 11.5 Å². The molecule has 0 bridgehead atoms. The quantitative estimate of drug-likeness (QED) is 0.0380. The molecule has 8 heterocycles. The van der Waals surface area contributed by atoms with Gasteiger partial charge in [-0.2, -0.15) is 17.5 Å². The molecule has 2 aliphatic carbocycles. The molecule has 0 aliphatic heterocycles. The van der Waals surface area contributed by atoms with E-state index in [1.807, 2.05) is 68.0 Å². The van der Waals surface area contributed by atoms with Gasteiger partial charge in [0.05, 0.1) is 46.1 Å². The van der Waals surface area contributed by atoms with Crippen molar-refractivity contribution in [3.8, 4) is 72.8 Å². The van der Waals surface area contributed by atoms with E-state index in [1.54, 1.807) is 22.3 Å². The molecule has 14 heteroatoms. The van der Waals surface area contributed by atoms with Crippen LogP contribution in [0.2, 0.25) is 0 Å². The van der Waals surface area contributed by atoms with Crippen LogP contribution >= 0.6 is 91.5 Å². The Morgan fingerprint density at radius 1 is 0.333 bits per heavy atom. The molecule has 102 heavy (non-hydrogen) atoms. The molecule has 11 aromatic rings. The third-order valence-electron chi connectivity index (χ3n) is 24.3. The third-order valence-corrected chi connectivity index (χ3v) is 32.1. The lowest BCUT2D eigenvalue weighted by Gasteiger charge is -2.37. The number of ether oxygens (including phenoxy) is 2. The lowest BCUT2D eigenvalue weighted by molar-refractivity contribution is 0.235. The van der Waals surface area contributed by atoms with Gasteiger partial charge in [-0.25, -0.2) is 0 Å². The van der Waals surface area contributed by atoms with E-state index in [9.17, 15) is 0 Å². The topological polar surface area (TPSA) is 70.0 Å². The van der Waals surface area contributed by atoms with Crippen molar-refractivity contribution in [3.05, 3.63) is 93.7 Å². The van der Waals surface area contributed by atoms with Crippen LogP contribution in [0.1, 0.15) is 285 Å². The summed E-state index contributed by atoms with van der Waals surface area (Å²) in [5.74, 6) is 5.63. The standard InChI is InChI=1S/C88H114N4O2S8/c1-13-25-31-55(19-7)49-87(50-56(20-8)32-26-14-2)67-41-43-95-83(67)85-69(87)47-73(99-85)63-39-37-61(75-77(63)91-101-89-75)71-45-65-79(93-53-59(23-11)35-29-17-5)82-66(80(81(65)97-71)94-54-60(24-12)36-30-18-6)46-72(98-82)62-38-40-64(78-76(62)90-102-92-78)74-48-70-86(100-74)84-68(42-44-96-84)88(70,51-57(21-9)33-27-15-3)52-58(22-10)34-28-16-4/h37-48,55-60H,13-36,49-54H2,1-12H3. The highest BCUT2D eigenvalue weighted by molar-refractivity contribution is 7.26. The van der Waals surface area contributed by atoms with Gasteiger partial charge in [-0.3, -0.25) is 0 Å². The lowest BCUT2D eigenvalue weighted by Crippen LogP contribution is -2.31. The molecule has 0 amide bonds. The summed E-state index contributed by atoms with van der Waals surface area (Å²) in [4.78, 5) is 11.0. The number of benzene rings is 3. The SMILES string of the molecule is CCCCC(CC)COc1c2cc(-c3ccc(-c4cc5c(s4)-c4sccc4C5(CC(CC)CCCC)CC(CC)CCCC)c4nsnc34)sc2c(OCC(CC)CCCC)c2cc(-c3ccc(-c4cc5c(s4)-c4sccc4C5(CC(CC)CCCC)CC(CC)CCCC)c4nsnc34)sc12. The van der Waals surface area contributed by atoms with Gasteiger partial charge in [0, 0.05) is 82.9 Å². The number of thiophene rings is 6. The van der Waals surface area contributed by atoms with Gasteiger partial charge >= 0.3 is 0 Å². The number of unbranched alkanes of at least 4 members (excludes halogenated alkanes) is 6. The number of hydrogen-bond donors (Lipinski definition) is 0. The maximum absolute atomic E-state index is 7.48. The molecule has 3 aromatic carbocycles. The molecule has 0 fully saturated rings. The third kappa shape index (κ3) is 14.9. The molecule has 0 N–H and O–H groups in total. The van der Waals surface area contributed by atoms with Gasteiger partial charge in [0.2, 0.25) is 0 Å². The molecule has 0 saturated carbocycles. The number of rotatable bonds is 42. The van der Waals surface area contributed by atoms with Crippen molar-refractivity contribution in [3.63, 3.8) is 0 Å². The van der Waals surface area contributed by atoms with E-state index in [0.717, 1.165) is 90.5 Å². The van der Waals surface area contributed by atoms with Crippen LogP contribution in [0.15, 0.2) is 71.4 Å². The minimum absolute atomic E-state index is 0.0225. The zero-order valence-corrected chi connectivity index (χ0v) is 70.0. The summed E-state index contributed by atoms with van der Waals surface area (Å²) in [6.45, 7) is 29.9. The molecule has 546 valence electrons. The molecular formula is C88H114N4O2S8. The van der Waals surface area contributed by atoms with Crippen molar-refractivity contribution in [1.29, 1.82) is 0 Å². The molecule has 0 radical (unpaired) electrons. The zero-order valence-electron chi connectivity index (χ0n) is 63.5. The summed E-state index contributed by atoms with van der Waals surface area (Å²) in [6.07, 6.45) is 34.6. The van der Waals surface area contributed by atoms with Crippen LogP contribution in [0, 0.1) is 35.5 Å². The van der Waals surface area contributed by atoms with Crippen molar-refractivity contribution in [1.82, 2.24) is 17.5 Å². The fourth-order valence-corrected chi connectivity index (χ4v) is 26.3. The summed E-state index contributed by atoms with van der Waals surface area (Å²) in [6, 6.07) is 24.7. The summed E-state index contributed by atoms with van der Waals surface area (Å²) in [5.41, 5.74) is 15.1. The van der Waals surface area contributed by atoms with Gasteiger partial charge in [-0.05, 0) is 143 Å². The smallest absolute Gasteiger partial charge is 0.146 e. The first-order valence-corrected chi connectivity index (χ1v) is 46.7. The van der Waals surface area contributed by atoms with Gasteiger partial charge in [0.15, 0.2) is 0 Å². The second-order valence-corrected chi connectivity index (χ2v) is 37.8. The van der Waals surface area contributed by atoms with Crippen LogP contribution < -0.4 is 9.47 Å². The second kappa shape index (κ2) is 34.7. The lowest BCUT2D eigenvalue weighted by atomic mass is 9.65. The van der Waals surface area contributed by atoms with E-state index in [4.69, 9.17) is 27.0 Å². The first kappa shape index (κ1) is 75.8. The first-order valence-electron chi connectivity index (χ1n) is 40.2. The Balaban J connectivity index is 0.924. The van der Waals surface area contributed by atoms with Gasteiger partial charge in [-0.1, -0.05) is 249 Å². The predicted octanol–water partition coefficient (Wildman–Crippen LogP) is 31.2. The molecule has 13 rings (SSSR count). The van der Waals surface area contributed by atoms with Crippen LogP contribution in [0.3, 0.4) is 0 Å². The predicted molar refractivity (Wildman–Crippen MR) is 454 cm³/mol. The Kier molecular flexibility index (Phi) is 25.8. The minimum atomic E-state index is 0.0225. The highest BCUT2D eigenvalue weighted by Crippen LogP contribution is 2.64. The average molecular weight is 1520 g/mol. The second-order valence-electron chi connectivity index (χ2n) is 30.7. The fraction of sp³-hybridized carbons (Fsp3) is 0.568. The zero-order chi connectivity index (χ0) is 71.1. The number of hydrogen-bond acceptors (Lipinski definition) is 14. The molecule has 6 unspecified atom stereocenters. The summed E-state index contributed by atoms with van der Waals surface area (Å²) < 4.78 is 38.3. The maximum atomic E-state index is 7.48. The minimum Gasteiger partial charge on any atom is -0.491 e. The summed E-state index contributed by atoms with van der Waals surface area (Å²) in [5, 5.41) is 7.04. The number of nitrogens with zero attached hydrogens (tertiary/aromatic N) is 4. The van der Waals surface area contributed by atoms with E-state index < -0.39 is 0 Å². The Bertz CT molecular complexity index is 4170. The molecular weight excluding hydrogens is 1400 g/mol. The largest absolute Gasteiger partial charge is 0.491 e. The van der Waals surface area contributed by atoms with Gasteiger partial charge in [0.25, 0.3) is 0 Å². The number of aromatic nitrogens is 4. The van der Waals surface area contributed by atoms with Crippen molar-refractivity contribution >= 4 is 134 Å². The van der Waals surface area contributed by atoms with Crippen LogP contribution in [0.4, 0.5) is 0 Å². The number of fused-ring (bicyclic) bond motifs is 10.